The summed E-state index contributed by atoms with van der Waals surface area (Å²) in [5.41, 5.74) is 0.981. The summed E-state index contributed by atoms with van der Waals surface area (Å²) < 4.78 is 0. The van der Waals surface area contributed by atoms with Gasteiger partial charge in [0.05, 0.1) is 11.8 Å². The number of carbonyl (C=O) groups excluding carboxylic acids is 2. The van der Waals surface area contributed by atoms with Gasteiger partial charge < -0.3 is 10.4 Å². The first-order chi connectivity index (χ1) is 12.5. The van der Waals surface area contributed by atoms with E-state index in [0.29, 0.717) is 29.2 Å². The summed E-state index contributed by atoms with van der Waals surface area (Å²) in [6.07, 6.45) is 4.41. The third-order valence-corrected chi connectivity index (χ3v) is 5.18. The van der Waals surface area contributed by atoms with Gasteiger partial charge >= 0.3 is 5.97 Å². The quantitative estimate of drug-likeness (QED) is 0.746. The molecule has 3 N–H and O–H groups in total. The van der Waals surface area contributed by atoms with Crippen LogP contribution >= 0.6 is 11.3 Å². The van der Waals surface area contributed by atoms with E-state index in [1.807, 2.05) is 0 Å². The lowest BCUT2D eigenvalue weighted by Gasteiger charge is -2.27. The summed E-state index contributed by atoms with van der Waals surface area (Å²) in [5, 5.41) is 17.0. The summed E-state index contributed by atoms with van der Waals surface area (Å²) >= 11 is 1.33. The van der Waals surface area contributed by atoms with E-state index in [1.54, 1.807) is 35.8 Å². The molecule has 8 heteroatoms. The Morgan fingerprint density at radius 1 is 1.04 bits per heavy atom. The molecular weight excluding hydrogens is 354 g/mol. The number of thiazole rings is 1. The van der Waals surface area contributed by atoms with Gasteiger partial charge in [-0.25, -0.2) is 4.98 Å². The van der Waals surface area contributed by atoms with E-state index in [1.165, 1.54) is 11.3 Å². The van der Waals surface area contributed by atoms with Crippen molar-refractivity contribution in [2.45, 2.75) is 25.7 Å². The molecule has 0 radical (unpaired) electrons. The molecule has 1 aliphatic rings. The van der Waals surface area contributed by atoms with E-state index in [2.05, 4.69) is 15.6 Å². The Bertz CT molecular complexity index is 789. The molecule has 2 amide bonds. The van der Waals surface area contributed by atoms with E-state index >= 15 is 0 Å². The predicted octanol–water partition coefficient (Wildman–Crippen LogP) is 3.22. The van der Waals surface area contributed by atoms with Crippen LogP contribution in [-0.2, 0) is 9.59 Å². The fraction of sp³-hybridized carbons (Fsp3) is 0.333. The van der Waals surface area contributed by atoms with Crippen molar-refractivity contribution in [3.63, 3.8) is 0 Å². The average Bonchev–Trinajstić information content (AvgIpc) is 3.15. The molecule has 2 atom stereocenters. The Morgan fingerprint density at radius 3 is 2.35 bits per heavy atom. The highest BCUT2D eigenvalue weighted by atomic mass is 32.1. The summed E-state index contributed by atoms with van der Waals surface area (Å²) in [7, 11) is 0. The van der Waals surface area contributed by atoms with Crippen LogP contribution in [0.15, 0.2) is 35.8 Å². The molecule has 26 heavy (non-hydrogen) atoms. The fourth-order valence-corrected chi connectivity index (χ4v) is 3.66. The van der Waals surface area contributed by atoms with Gasteiger partial charge in [-0.1, -0.05) is 12.8 Å². The van der Waals surface area contributed by atoms with Crippen molar-refractivity contribution in [3.8, 4) is 0 Å². The number of carboxylic acid groups (broad SMARTS) is 1. The minimum Gasteiger partial charge on any atom is -0.481 e. The number of nitrogens with zero attached hydrogens (tertiary/aromatic N) is 1. The molecule has 1 aromatic heterocycles. The molecule has 0 saturated heterocycles. The third-order valence-electron chi connectivity index (χ3n) is 4.49. The zero-order chi connectivity index (χ0) is 18.5. The van der Waals surface area contributed by atoms with Gasteiger partial charge in [-0.15, -0.1) is 11.3 Å². The van der Waals surface area contributed by atoms with E-state index in [4.69, 9.17) is 0 Å². The number of hydrogen-bond acceptors (Lipinski definition) is 5. The Balaban J connectivity index is 1.62. The number of aliphatic carboxylic acids is 1. The van der Waals surface area contributed by atoms with Gasteiger partial charge in [-0.3, -0.25) is 19.7 Å². The maximum absolute atomic E-state index is 12.5. The van der Waals surface area contributed by atoms with Crippen molar-refractivity contribution in [2.75, 3.05) is 10.6 Å². The Morgan fingerprint density at radius 2 is 1.73 bits per heavy atom. The minimum absolute atomic E-state index is 0.280. The molecule has 0 aliphatic heterocycles. The van der Waals surface area contributed by atoms with Crippen molar-refractivity contribution < 1.29 is 19.5 Å². The van der Waals surface area contributed by atoms with Gasteiger partial charge in [0.2, 0.25) is 5.91 Å². The van der Waals surface area contributed by atoms with Crippen molar-refractivity contribution in [3.05, 3.63) is 41.4 Å². The number of aromatic nitrogens is 1. The second-order valence-electron chi connectivity index (χ2n) is 6.19. The largest absolute Gasteiger partial charge is 0.481 e. The highest BCUT2D eigenvalue weighted by molar-refractivity contribution is 7.13. The Kier molecular flexibility index (Phi) is 5.62. The molecule has 1 fully saturated rings. The van der Waals surface area contributed by atoms with Gasteiger partial charge in [0, 0.05) is 22.8 Å². The molecular formula is C18H19N3O4S. The van der Waals surface area contributed by atoms with Crippen LogP contribution in [0.3, 0.4) is 0 Å². The van der Waals surface area contributed by atoms with Gasteiger partial charge in [0.15, 0.2) is 5.13 Å². The maximum Gasteiger partial charge on any atom is 0.307 e. The van der Waals surface area contributed by atoms with Crippen LogP contribution in [-0.4, -0.2) is 27.9 Å². The number of benzene rings is 1. The average molecular weight is 373 g/mol. The monoisotopic (exact) mass is 373 g/mol. The smallest absolute Gasteiger partial charge is 0.307 e. The van der Waals surface area contributed by atoms with E-state index in [-0.39, 0.29) is 11.8 Å². The molecule has 3 rings (SSSR count). The Hall–Kier alpha value is -2.74. The van der Waals surface area contributed by atoms with Crippen LogP contribution in [0.5, 0.6) is 0 Å². The van der Waals surface area contributed by atoms with Gasteiger partial charge in [-0.05, 0) is 37.1 Å². The van der Waals surface area contributed by atoms with Crippen LogP contribution in [0.25, 0.3) is 0 Å². The predicted molar refractivity (Wildman–Crippen MR) is 98.2 cm³/mol. The molecule has 1 aromatic carbocycles. The fourth-order valence-electron chi connectivity index (χ4n) is 3.13. The Labute approximate surface area is 154 Å². The lowest BCUT2D eigenvalue weighted by molar-refractivity contribution is -0.147. The first-order valence-electron chi connectivity index (χ1n) is 8.39. The number of rotatable bonds is 5. The second-order valence-corrected chi connectivity index (χ2v) is 7.09. The highest BCUT2D eigenvalue weighted by Crippen LogP contribution is 2.31. The van der Waals surface area contributed by atoms with Crippen LogP contribution < -0.4 is 10.6 Å². The van der Waals surface area contributed by atoms with Crippen LogP contribution in [0.4, 0.5) is 10.8 Å². The molecule has 2 aromatic rings. The van der Waals surface area contributed by atoms with Crippen LogP contribution in [0.1, 0.15) is 36.0 Å². The van der Waals surface area contributed by atoms with Gasteiger partial charge in [0.25, 0.3) is 5.91 Å². The summed E-state index contributed by atoms with van der Waals surface area (Å²) in [5.74, 6) is -2.63. The normalized spacial score (nSPS) is 19.5. The number of hydrogen-bond donors (Lipinski definition) is 3. The lowest BCUT2D eigenvalue weighted by atomic mass is 9.78. The number of carbonyl (C=O) groups is 3. The molecule has 0 spiro atoms. The summed E-state index contributed by atoms with van der Waals surface area (Å²) in [4.78, 5) is 39.9. The molecule has 1 heterocycles. The number of nitrogens with one attached hydrogen (secondary N) is 2. The SMILES string of the molecule is O=C(Nc1nccs1)c1ccc(NC(=O)[C@H]2CCCC[C@H]2C(=O)O)cc1. The second kappa shape index (κ2) is 8.09. The summed E-state index contributed by atoms with van der Waals surface area (Å²) in [6, 6.07) is 6.47. The van der Waals surface area contributed by atoms with Crippen LogP contribution in [0, 0.1) is 11.8 Å². The molecule has 7 nitrogen and oxygen atoms in total. The zero-order valence-electron chi connectivity index (χ0n) is 14.0. The molecule has 0 unspecified atom stereocenters. The molecule has 136 valence electrons. The van der Waals surface area contributed by atoms with Gasteiger partial charge in [0.1, 0.15) is 0 Å². The molecule has 0 bridgehead atoms. The molecule has 1 aliphatic carbocycles. The summed E-state index contributed by atoms with van der Waals surface area (Å²) in [6.45, 7) is 0. The van der Waals surface area contributed by atoms with Crippen molar-refractivity contribution >= 4 is 39.9 Å². The number of amides is 2. The first-order valence-corrected chi connectivity index (χ1v) is 9.27. The highest BCUT2D eigenvalue weighted by Gasteiger charge is 2.35. The van der Waals surface area contributed by atoms with Gasteiger partial charge in [-0.2, -0.15) is 0 Å². The number of anilines is 2. The van der Waals surface area contributed by atoms with Crippen molar-refractivity contribution in [1.29, 1.82) is 0 Å². The van der Waals surface area contributed by atoms with E-state index in [0.717, 1.165) is 12.8 Å². The molecule has 1 saturated carbocycles. The van der Waals surface area contributed by atoms with Crippen molar-refractivity contribution in [2.24, 2.45) is 11.8 Å². The minimum atomic E-state index is -0.918. The standard InChI is InChI=1S/C18H19N3O4S/c22-15(21-18-19-9-10-26-18)11-5-7-12(8-6-11)20-16(23)13-3-1-2-4-14(13)17(24)25/h5-10,13-14H,1-4H2,(H,20,23)(H,24,25)(H,19,21,22)/t13-,14+/m0/s1. The van der Waals surface area contributed by atoms with E-state index in [9.17, 15) is 19.5 Å². The first kappa shape index (κ1) is 18.1. The van der Waals surface area contributed by atoms with E-state index < -0.39 is 17.8 Å². The van der Waals surface area contributed by atoms with Crippen LogP contribution in [0.2, 0.25) is 0 Å². The maximum atomic E-state index is 12.5. The number of carboxylic acids is 1. The lowest BCUT2D eigenvalue weighted by Crippen LogP contribution is -2.36. The van der Waals surface area contributed by atoms with Crippen molar-refractivity contribution in [1.82, 2.24) is 4.98 Å². The third kappa shape index (κ3) is 4.26. The zero-order valence-corrected chi connectivity index (χ0v) is 14.8. The topological polar surface area (TPSA) is 108 Å².